The number of likely N-dealkylation sites (N-methyl/N-ethyl adjacent to an activating group) is 1. The summed E-state index contributed by atoms with van der Waals surface area (Å²) in [5, 5.41) is 10.4. The monoisotopic (exact) mass is 405 g/mol. The van der Waals surface area contributed by atoms with E-state index in [1.807, 2.05) is 24.1 Å². The van der Waals surface area contributed by atoms with E-state index in [0.717, 1.165) is 32.2 Å². The third-order valence-electron chi connectivity index (χ3n) is 5.96. The zero-order chi connectivity index (χ0) is 19.6. The minimum atomic E-state index is -0.789. The molecule has 0 amide bonds. The second kappa shape index (κ2) is 8.22. The van der Waals surface area contributed by atoms with E-state index >= 15 is 0 Å². The van der Waals surface area contributed by atoms with Gasteiger partial charge < -0.3 is 5.11 Å². The van der Waals surface area contributed by atoms with Crippen molar-refractivity contribution in [1.82, 2.24) is 4.90 Å². The molecule has 1 N–H and O–H groups in total. The van der Waals surface area contributed by atoms with Gasteiger partial charge in [-0.1, -0.05) is 53.5 Å². The zero-order valence-corrected chi connectivity index (χ0v) is 17.2. The molecule has 1 aliphatic carbocycles. The minimum Gasteiger partial charge on any atom is -0.480 e. The Morgan fingerprint density at radius 1 is 1.22 bits per heavy atom. The average Bonchev–Trinajstić information content (AvgIpc) is 3.03. The Balaban J connectivity index is 1.88. The molecule has 0 heterocycles. The van der Waals surface area contributed by atoms with Gasteiger partial charge in [0.05, 0.1) is 10.0 Å². The van der Waals surface area contributed by atoms with Gasteiger partial charge in [0.2, 0.25) is 0 Å². The van der Waals surface area contributed by atoms with Crippen molar-refractivity contribution in [3.05, 3.63) is 69.2 Å². The van der Waals surface area contributed by atoms with Crippen LogP contribution in [0.5, 0.6) is 0 Å². The number of nitrogens with zero attached hydrogens (tertiary/aromatic N) is 1. The second-order valence-electron chi connectivity index (χ2n) is 7.47. The lowest BCUT2D eigenvalue weighted by Gasteiger charge is -2.33. The summed E-state index contributed by atoms with van der Waals surface area (Å²) in [6.07, 6.45) is 3.92. The topological polar surface area (TPSA) is 40.5 Å². The van der Waals surface area contributed by atoms with Crippen LogP contribution >= 0.6 is 23.2 Å². The fourth-order valence-corrected chi connectivity index (χ4v) is 4.50. The lowest BCUT2D eigenvalue weighted by Crippen LogP contribution is -2.37. The molecular formula is C22H25Cl2NO2. The largest absolute Gasteiger partial charge is 0.480 e. The number of carboxylic acid groups (broad SMARTS) is 1. The third-order valence-corrected chi connectivity index (χ3v) is 6.70. The zero-order valence-electron chi connectivity index (χ0n) is 15.7. The highest BCUT2D eigenvalue weighted by molar-refractivity contribution is 6.42. The van der Waals surface area contributed by atoms with E-state index in [2.05, 4.69) is 30.3 Å². The Labute approximate surface area is 170 Å². The maximum Gasteiger partial charge on any atom is 0.320 e. The predicted molar refractivity (Wildman–Crippen MR) is 111 cm³/mol. The van der Waals surface area contributed by atoms with Gasteiger partial charge in [-0.25, -0.2) is 0 Å². The molecule has 0 aromatic heterocycles. The van der Waals surface area contributed by atoms with Gasteiger partial charge in [-0.3, -0.25) is 9.69 Å². The molecule has 27 heavy (non-hydrogen) atoms. The van der Waals surface area contributed by atoms with E-state index in [0.29, 0.717) is 10.0 Å². The molecule has 0 radical (unpaired) electrons. The maximum absolute atomic E-state index is 11.2. The molecule has 3 rings (SSSR count). The van der Waals surface area contributed by atoms with Gasteiger partial charge in [-0.05, 0) is 75.0 Å². The maximum atomic E-state index is 11.2. The average molecular weight is 406 g/mol. The first kappa shape index (κ1) is 20.2. The Hall–Kier alpha value is -1.55. The van der Waals surface area contributed by atoms with Crippen molar-refractivity contribution in [3.8, 4) is 0 Å². The molecule has 3 nitrogen and oxygen atoms in total. The molecule has 144 valence electrons. The number of carboxylic acids is 1. The van der Waals surface area contributed by atoms with E-state index in [9.17, 15) is 9.90 Å². The van der Waals surface area contributed by atoms with E-state index in [4.69, 9.17) is 23.2 Å². The van der Waals surface area contributed by atoms with Crippen LogP contribution in [0.15, 0.2) is 42.5 Å². The number of rotatable bonds is 7. The van der Waals surface area contributed by atoms with Crippen molar-refractivity contribution in [2.45, 2.75) is 44.1 Å². The first-order valence-corrected chi connectivity index (χ1v) is 10.1. The summed E-state index contributed by atoms with van der Waals surface area (Å²) in [5.41, 5.74) is 3.84. The molecule has 1 aliphatic rings. The molecule has 0 aliphatic heterocycles. The molecule has 2 atom stereocenters. The van der Waals surface area contributed by atoms with Crippen LogP contribution in [-0.2, 0) is 16.6 Å². The van der Waals surface area contributed by atoms with Crippen molar-refractivity contribution in [1.29, 1.82) is 0 Å². The minimum absolute atomic E-state index is 0.0991. The number of benzene rings is 2. The van der Waals surface area contributed by atoms with Crippen molar-refractivity contribution in [2.75, 3.05) is 13.6 Å². The first-order valence-electron chi connectivity index (χ1n) is 9.32. The number of halogens is 2. The summed E-state index contributed by atoms with van der Waals surface area (Å²) in [4.78, 5) is 13.1. The Bertz CT molecular complexity index is 839. The van der Waals surface area contributed by atoms with Crippen LogP contribution in [0.3, 0.4) is 0 Å². The van der Waals surface area contributed by atoms with E-state index < -0.39 is 12.0 Å². The van der Waals surface area contributed by atoms with E-state index in [1.54, 1.807) is 6.92 Å². The lowest BCUT2D eigenvalue weighted by molar-refractivity contribution is -0.142. The number of carbonyl (C=O) groups is 1. The van der Waals surface area contributed by atoms with Gasteiger partial charge in [0.1, 0.15) is 6.04 Å². The van der Waals surface area contributed by atoms with Crippen LogP contribution in [0.2, 0.25) is 10.0 Å². The summed E-state index contributed by atoms with van der Waals surface area (Å²) in [7, 11) is 1.87. The van der Waals surface area contributed by atoms with Crippen LogP contribution in [0.4, 0.5) is 0 Å². The normalized spacial score (nSPS) is 19.9. The van der Waals surface area contributed by atoms with Crippen LogP contribution in [0.25, 0.3) is 0 Å². The second-order valence-corrected chi connectivity index (χ2v) is 8.28. The molecule has 0 saturated heterocycles. The molecule has 0 spiro atoms. The van der Waals surface area contributed by atoms with Crippen LogP contribution in [0.1, 0.15) is 42.9 Å². The summed E-state index contributed by atoms with van der Waals surface area (Å²) < 4.78 is 0. The van der Waals surface area contributed by atoms with Gasteiger partial charge in [0.15, 0.2) is 0 Å². The number of hydrogen-bond donors (Lipinski definition) is 1. The fraction of sp³-hybridized carbons (Fsp3) is 0.409. The number of hydrogen-bond acceptors (Lipinski definition) is 2. The highest BCUT2D eigenvalue weighted by Crippen LogP contribution is 2.48. The Morgan fingerprint density at radius 2 is 1.96 bits per heavy atom. The first-order chi connectivity index (χ1) is 12.8. The lowest BCUT2D eigenvalue weighted by atomic mass is 9.72. The molecule has 2 unspecified atom stereocenters. The molecule has 0 bridgehead atoms. The van der Waals surface area contributed by atoms with E-state index in [1.165, 1.54) is 16.7 Å². The highest BCUT2D eigenvalue weighted by atomic mass is 35.5. The number of aryl methyl sites for hydroxylation is 1. The quantitative estimate of drug-likeness (QED) is 0.668. The van der Waals surface area contributed by atoms with Crippen LogP contribution in [-0.4, -0.2) is 35.6 Å². The van der Waals surface area contributed by atoms with E-state index in [-0.39, 0.29) is 5.41 Å². The molecule has 0 fully saturated rings. The Morgan fingerprint density at radius 3 is 2.67 bits per heavy atom. The standard InChI is InChI=1S/C22H25Cl2NO2/c1-15(21(26)27)25(2)13-5-11-22(17-8-9-19(23)20(24)14-17)12-10-16-6-3-4-7-18(16)22/h3-4,6-9,14-15H,5,10-13H2,1-2H3,(H,26,27). The van der Waals surface area contributed by atoms with Crippen molar-refractivity contribution in [3.63, 3.8) is 0 Å². The van der Waals surface area contributed by atoms with Gasteiger partial charge in [0, 0.05) is 5.41 Å². The molecular weight excluding hydrogens is 381 g/mol. The van der Waals surface area contributed by atoms with Crippen molar-refractivity contribution >= 4 is 29.2 Å². The van der Waals surface area contributed by atoms with Gasteiger partial charge in [-0.15, -0.1) is 0 Å². The molecule has 2 aromatic carbocycles. The Kier molecular flexibility index (Phi) is 6.15. The van der Waals surface area contributed by atoms with Crippen LogP contribution in [0, 0.1) is 0 Å². The number of fused-ring (bicyclic) bond motifs is 1. The highest BCUT2D eigenvalue weighted by Gasteiger charge is 2.39. The summed E-state index contributed by atoms with van der Waals surface area (Å²) in [6, 6.07) is 14.1. The summed E-state index contributed by atoms with van der Waals surface area (Å²) >= 11 is 12.5. The van der Waals surface area contributed by atoms with Crippen molar-refractivity contribution in [2.24, 2.45) is 0 Å². The summed E-state index contributed by atoms with van der Waals surface area (Å²) in [5.74, 6) is -0.789. The third kappa shape index (κ3) is 4.01. The van der Waals surface area contributed by atoms with Gasteiger partial charge >= 0.3 is 5.97 Å². The smallest absolute Gasteiger partial charge is 0.320 e. The predicted octanol–water partition coefficient (Wildman–Crippen LogP) is 5.41. The van der Waals surface area contributed by atoms with Gasteiger partial charge in [-0.2, -0.15) is 0 Å². The number of aliphatic carboxylic acids is 1. The fourth-order valence-electron chi connectivity index (χ4n) is 4.20. The molecule has 5 heteroatoms. The van der Waals surface area contributed by atoms with Gasteiger partial charge in [0.25, 0.3) is 0 Å². The molecule has 2 aromatic rings. The van der Waals surface area contributed by atoms with Crippen LogP contribution < -0.4 is 0 Å². The molecule has 0 saturated carbocycles. The SMILES string of the molecule is CC(C(=O)O)N(C)CCCC1(c2ccc(Cl)c(Cl)c2)CCc2ccccc21. The summed E-state index contributed by atoms with van der Waals surface area (Å²) in [6.45, 7) is 2.46. The van der Waals surface area contributed by atoms with Crippen molar-refractivity contribution < 1.29 is 9.90 Å².